The van der Waals surface area contributed by atoms with Crippen LogP contribution in [0, 0.1) is 5.41 Å². The van der Waals surface area contributed by atoms with Gasteiger partial charge in [-0.1, -0.05) is 17.7 Å². The Bertz CT molecular complexity index is 666. The topological polar surface area (TPSA) is 60.8 Å². The quantitative estimate of drug-likeness (QED) is 0.860. The maximum atomic E-state index is 12.8. The molecule has 8 heteroatoms. The van der Waals surface area contributed by atoms with Crippen molar-refractivity contribution < 1.29 is 28.2 Å². The van der Waals surface area contributed by atoms with Crippen molar-refractivity contribution in [3.8, 4) is 0 Å². The van der Waals surface area contributed by atoms with Gasteiger partial charge < -0.3 is 15.1 Å². The second-order valence-electron chi connectivity index (χ2n) is 6.34. The number of fused-ring (bicyclic) bond motifs is 1. The molecule has 1 aliphatic carbocycles. The number of hydrogen-bond acceptors (Lipinski definition) is 2. The molecule has 1 aromatic rings. The second kappa shape index (κ2) is 5.01. The lowest BCUT2D eigenvalue weighted by atomic mass is 9.80. The first-order valence-corrected chi connectivity index (χ1v) is 7.49. The number of hydrogen-bond donors (Lipinski definition) is 2. The second-order valence-corrected chi connectivity index (χ2v) is 6.75. The van der Waals surface area contributed by atoms with E-state index in [9.17, 15) is 23.1 Å². The van der Waals surface area contributed by atoms with Crippen molar-refractivity contribution in [2.75, 3.05) is 19.7 Å². The molecular formula is C15H15ClF3NO3. The molecule has 1 amide bonds. The van der Waals surface area contributed by atoms with Gasteiger partial charge in [-0.2, -0.15) is 13.2 Å². The van der Waals surface area contributed by atoms with Crippen LogP contribution in [0.25, 0.3) is 0 Å². The highest BCUT2D eigenvalue weighted by molar-refractivity contribution is 6.31. The summed E-state index contributed by atoms with van der Waals surface area (Å²) in [4.78, 5) is 12.4. The van der Waals surface area contributed by atoms with Gasteiger partial charge in [-0.05, 0) is 30.5 Å². The third kappa shape index (κ3) is 2.37. The lowest BCUT2D eigenvalue weighted by Gasteiger charge is -2.36. The summed E-state index contributed by atoms with van der Waals surface area (Å²) >= 11 is 5.79. The standard InChI is InChI=1S/C15H15ClF3NO3/c16-11-5-9(1-2-10(11)15(17,18)19)14-3-4-20(12(22)23)7-13(14,6-14)8-21/h1-2,5,21H,3-4,6-8H2,(H,22,23). The van der Waals surface area contributed by atoms with Crippen molar-refractivity contribution in [2.45, 2.75) is 24.4 Å². The molecule has 2 atom stereocenters. The zero-order valence-electron chi connectivity index (χ0n) is 12.0. The van der Waals surface area contributed by atoms with Crippen molar-refractivity contribution in [2.24, 2.45) is 5.41 Å². The van der Waals surface area contributed by atoms with E-state index in [-0.39, 0.29) is 24.7 Å². The Labute approximate surface area is 135 Å². The fourth-order valence-corrected chi connectivity index (χ4v) is 4.17. The van der Waals surface area contributed by atoms with E-state index in [1.54, 1.807) is 0 Å². The van der Waals surface area contributed by atoms with Gasteiger partial charge >= 0.3 is 12.3 Å². The number of aliphatic hydroxyl groups is 1. The lowest BCUT2D eigenvalue weighted by Crippen LogP contribution is -2.45. The van der Waals surface area contributed by atoms with E-state index < -0.39 is 28.7 Å². The molecule has 2 aliphatic rings. The monoisotopic (exact) mass is 349 g/mol. The number of likely N-dealkylation sites (tertiary alicyclic amines) is 1. The van der Waals surface area contributed by atoms with Gasteiger partial charge in [-0.15, -0.1) is 0 Å². The Balaban J connectivity index is 1.94. The Morgan fingerprint density at radius 2 is 2.09 bits per heavy atom. The summed E-state index contributed by atoms with van der Waals surface area (Å²) in [6, 6.07) is 3.65. The van der Waals surface area contributed by atoms with Crippen LogP contribution >= 0.6 is 11.6 Å². The SMILES string of the molecule is O=C(O)N1CCC2(c3ccc(C(F)(F)F)c(Cl)c3)CC2(CO)C1. The number of nitrogens with zero attached hydrogens (tertiary/aromatic N) is 1. The van der Waals surface area contributed by atoms with Crippen molar-refractivity contribution in [1.29, 1.82) is 0 Å². The summed E-state index contributed by atoms with van der Waals surface area (Å²) in [7, 11) is 0. The number of aliphatic hydroxyl groups excluding tert-OH is 1. The molecule has 1 aliphatic heterocycles. The van der Waals surface area contributed by atoms with Crippen LogP contribution in [0.3, 0.4) is 0 Å². The number of piperidine rings is 1. The highest BCUT2D eigenvalue weighted by atomic mass is 35.5. The van der Waals surface area contributed by atoms with Gasteiger partial charge in [0.25, 0.3) is 0 Å². The summed E-state index contributed by atoms with van der Waals surface area (Å²) in [5.74, 6) is 0. The minimum absolute atomic E-state index is 0.178. The average molecular weight is 350 g/mol. The van der Waals surface area contributed by atoms with Crippen LogP contribution in [0.4, 0.5) is 18.0 Å². The van der Waals surface area contributed by atoms with Crippen molar-refractivity contribution in [1.82, 2.24) is 4.90 Å². The van der Waals surface area contributed by atoms with Crippen LogP contribution in [0.1, 0.15) is 24.0 Å². The molecule has 0 radical (unpaired) electrons. The van der Waals surface area contributed by atoms with Gasteiger partial charge in [0.15, 0.2) is 0 Å². The molecule has 1 aromatic carbocycles. The number of amides is 1. The molecule has 0 aromatic heterocycles. The molecule has 2 fully saturated rings. The molecule has 4 nitrogen and oxygen atoms in total. The minimum Gasteiger partial charge on any atom is -0.465 e. The molecule has 23 heavy (non-hydrogen) atoms. The van der Waals surface area contributed by atoms with Crippen LogP contribution in [-0.2, 0) is 11.6 Å². The Morgan fingerprint density at radius 1 is 1.39 bits per heavy atom. The van der Waals surface area contributed by atoms with Gasteiger partial charge in [0.2, 0.25) is 0 Å². The van der Waals surface area contributed by atoms with Gasteiger partial charge in [0.05, 0.1) is 17.2 Å². The maximum Gasteiger partial charge on any atom is 0.417 e. The van der Waals surface area contributed by atoms with E-state index in [1.165, 1.54) is 17.0 Å². The number of rotatable bonds is 2. The van der Waals surface area contributed by atoms with E-state index in [0.29, 0.717) is 18.4 Å². The molecule has 3 rings (SSSR count). The average Bonchev–Trinajstić information content (AvgIpc) is 3.15. The predicted molar refractivity (Wildman–Crippen MR) is 76.5 cm³/mol. The van der Waals surface area contributed by atoms with E-state index in [0.717, 1.165) is 6.07 Å². The summed E-state index contributed by atoms with van der Waals surface area (Å²) < 4.78 is 38.4. The van der Waals surface area contributed by atoms with Crippen molar-refractivity contribution >= 4 is 17.7 Å². The molecule has 126 valence electrons. The predicted octanol–water partition coefficient (Wildman–Crippen LogP) is 3.36. The number of carbonyl (C=O) groups is 1. The van der Waals surface area contributed by atoms with Crippen LogP contribution in [-0.4, -0.2) is 40.9 Å². The Hall–Kier alpha value is -1.47. The molecule has 0 bridgehead atoms. The van der Waals surface area contributed by atoms with Crippen LogP contribution in [0.5, 0.6) is 0 Å². The number of carboxylic acid groups (broad SMARTS) is 1. The molecular weight excluding hydrogens is 335 g/mol. The smallest absolute Gasteiger partial charge is 0.417 e. The third-order valence-electron chi connectivity index (χ3n) is 5.23. The number of halogens is 4. The third-order valence-corrected chi connectivity index (χ3v) is 5.55. The van der Waals surface area contributed by atoms with E-state index in [1.807, 2.05) is 0 Å². The fraction of sp³-hybridized carbons (Fsp3) is 0.533. The van der Waals surface area contributed by atoms with Crippen LogP contribution in [0.15, 0.2) is 18.2 Å². The summed E-state index contributed by atoms with van der Waals surface area (Å²) in [5.41, 5.74) is -1.39. The Morgan fingerprint density at radius 3 is 2.61 bits per heavy atom. The molecule has 2 unspecified atom stereocenters. The number of alkyl halides is 3. The highest BCUT2D eigenvalue weighted by Gasteiger charge is 2.70. The van der Waals surface area contributed by atoms with E-state index >= 15 is 0 Å². The minimum atomic E-state index is -4.52. The first kappa shape index (κ1) is 16.4. The largest absolute Gasteiger partial charge is 0.465 e. The normalized spacial score (nSPS) is 30.0. The van der Waals surface area contributed by atoms with Gasteiger partial charge in [0.1, 0.15) is 0 Å². The van der Waals surface area contributed by atoms with Crippen molar-refractivity contribution in [3.63, 3.8) is 0 Å². The van der Waals surface area contributed by atoms with E-state index in [4.69, 9.17) is 16.7 Å². The molecule has 2 N–H and O–H groups in total. The first-order valence-electron chi connectivity index (χ1n) is 7.11. The fourth-order valence-electron chi connectivity index (χ4n) is 3.88. The molecule has 1 heterocycles. The molecule has 1 saturated heterocycles. The van der Waals surface area contributed by atoms with Gasteiger partial charge in [0, 0.05) is 23.9 Å². The lowest BCUT2D eigenvalue weighted by molar-refractivity contribution is -0.137. The zero-order valence-corrected chi connectivity index (χ0v) is 12.8. The first-order chi connectivity index (χ1) is 10.7. The van der Waals surface area contributed by atoms with Gasteiger partial charge in [-0.3, -0.25) is 0 Å². The highest BCUT2D eigenvalue weighted by Crippen LogP contribution is 2.68. The molecule has 0 spiro atoms. The van der Waals surface area contributed by atoms with Crippen LogP contribution < -0.4 is 0 Å². The zero-order chi connectivity index (χ0) is 17.0. The summed E-state index contributed by atoms with van der Waals surface area (Å²) in [6.45, 7) is 0.253. The number of benzene rings is 1. The Kier molecular flexibility index (Phi) is 3.57. The van der Waals surface area contributed by atoms with E-state index in [2.05, 4.69) is 0 Å². The summed E-state index contributed by atoms with van der Waals surface area (Å²) in [5, 5.41) is 18.5. The molecule has 1 saturated carbocycles. The van der Waals surface area contributed by atoms with Gasteiger partial charge in [-0.25, -0.2) is 4.79 Å². The maximum absolute atomic E-state index is 12.8. The van der Waals surface area contributed by atoms with Crippen molar-refractivity contribution in [3.05, 3.63) is 34.3 Å². The van der Waals surface area contributed by atoms with Crippen LogP contribution in [0.2, 0.25) is 5.02 Å². The summed E-state index contributed by atoms with van der Waals surface area (Å²) in [6.07, 6.45) is -4.56.